The number of ether oxygens (including phenoxy) is 1. The molecule has 1 aromatic carbocycles. The Balaban J connectivity index is 1.71. The molecule has 1 aliphatic heterocycles. The Labute approximate surface area is 186 Å². The second-order valence-corrected chi connectivity index (χ2v) is 8.52. The molecule has 0 aliphatic carbocycles. The lowest BCUT2D eigenvalue weighted by Crippen LogP contribution is -2.36. The standard InChI is InChI=1S/C18H23N4O10P/c19-16-11(20-13(24)6-3-9-1-4-10(23)5-2-9)7-22(18(27)21-16)17-15(26)14(25)12(32-17)8-31-33(28,29)30/h1-2,4-5,7,12,14-15,17,23,25-26H,3,6,8H2,(H,20,24)(H2,19,21,27)(H2,28,29,30)/t12-,14?,15?,17-/m1/s1. The lowest BCUT2D eigenvalue weighted by Gasteiger charge is -2.19. The molecule has 1 aliphatic rings. The van der Waals surface area contributed by atoms with Crippen LogP contribution in [-0.2, 0) is 25.0 Å². The number of amides is 1. The summed E-state index contributed by atoms with van der Waals surface area (Å²) in [7, 11) is -4.86. The van der Waals surface area contributed by atoms with E-state index >= 15 is 0 Å². The lowest BCUT2D eigenvalue weighted by molar-refractivity contribution is -0.116. The average molecular weight is 486 g/mol. The summed E-state index contributed by atoms with van der Waals surface area (Å²) in [6.45, 7) is -0.753. The molecule has 1 saturated heterocycles. The molecule has 2 heterocycles. The first-order valence-electron chi connectivity index (χ1n) is 9.62. The van der Waals surface area contributed by atoms with Gasteiger partial charge in [-0.1, -0.05) is 12.1 Å². The minimum atomic E-state index is -4.86. The van der Waals surface area contributed by atoms with Gasteiger partial charge in [0.1, 0.15) is 29.7 Å². The van der Waals surface area contributed by atoms with Gasteiger partial charge in [-0.15, -0.1) is 0 Å². The van der Waals surface area contributed by atoms with Crippen LogP contribution in [0.25, 0.3) is 0 Å². The number of carbonyl (C=O) groups excluding carboxylic acids is 1. The van der Waals surface area contributed by atoms with E-state index in [4.69, 9.17) is 20.3 Å². The molecule has 2 aromatic rings. The molecule has 8 N–H and O–H groups in total. The molecule has 14 nitrogen and oxygen atoms in total. The zero-order chi connectivity index (χ0) is 24.3. The third kappa shape index (κ3) is 6.36. The number of nitrogen functional groups attached to an aromatic ring is 1. The number of rotatable bonds is 8. The van der Waals surface area contributed by atoms with Crippen LogP contribution >= 0.6 is 7.82 Å². The molecule has 0 spiro atoms. The van der Waals surface area contributed by atoms with Gasteiger partial charge in [0.15, 0.2) is 12.0 Å². The number of carbonyl (C=O) groups is 1. The van der Waals surface area contributed by atoms with Gasteiger partial charge in [0.2, 0.25) is 5.91 Å². The molecule has 2 unspecified atom stereocenters. The number of aliphatic hydroxyl groups is 2. The van der Waals surface area contributed by atoms with Crippen LogP contribution in [0.1, 0.15) is 18.2 Å². The van der Waals surface area contributed by atoms with Crippen LogP contribution in [0.4, 0.5) is 11.5 Å². The summed E-state index contributed by atoms with van der Waals surface area (Å²) in [5.74, 6) is -0.646. The van der Waals surface area contributed by atoms with E-state index in [2.05, 4.69) is 14.8 Å². The van der Waals surface area contributed by atoms with Gasteiger partial charge in [-0.25, -0.2) is 9.36 Å². The highest BCUT2D eigenvalue weighted by Crippen LogP contribution is 2.38. The molecule has 4 atom stereocenters. The fraction of sp³-hybridized carbons (Fsp3) is 0.389. The highest BCUT2D eigenvalue weighted by atomic mass is 31.2. The van der Waals surface area contributed by atoms with Crippen molar-refractivity contribution in [2.75, 3.05) is 17.7 Å². The van der Waals surface area contributed by atoms with E-state index in [0.717, 1.165) is 16.3 Å². The Bertz CT molecular complexity index is 1100. The van der Waals surface area contributed by atoms with Gasteiger partial charge in [-0.3, -0.25) is 13.9 Å². The number of benzene rings is 1. The largest absolute Gasteiger partial charge is 0.508 e. The van der Waals surface area contributed by atoms with Gasteiger partial charge in [-0.2, -0.15) is 4.98 Å². The number of phenolic OH excluding ortho intramolecular Hbond substituents is 1. The summed E-state index contributed by atoms with van der Waals surface area (Å²) in [5.41, 5.74) is 5.52. The normalized spacial score (nSPS) is 22.9. The van der Waals surface area contributed by atoms with Crippen molar-refractivity contribution in [2.45, 2.75) is 37.4 Å². The Hall–Kier alpha value is -2.84. The summed E-state index contributed by atoms with van der Waals surface area (Å²) in [6, 6.07) is 6.31. The van der Waals surface area contributed by atoms with Crippen molar-refractivity contribution < 1.29 is 43.7 Å². The van der Waals surface area contributed by atoms with Gasteiger partial charge in [-0.05, 0) is 24.1 Å². The van der Waals surface area contributed by atoms with Gasteiger partial charge >= 0.3 is 13.5 Å². The number of nitrogens with two attached hydrogens (primary N) is 1. The van der Waals surface area contributed by atoms with Crippen molar-refractivity contribution in [3.63, 3.8) is 0 Å². The predicted octanol–water partition coefficient (Wildman–Crippen LogP) is -1.17. The molecule has 15 heteroatoms. The molecular weight excluding hydrogens is 463 g/mol. The Morgan fingerprint density at radius 3 is 2.55 bits per heavy atom. The van der Waals surface area contributed by atoms with Crippen molar-refractivity contribution in [3.8, 4) is 5.75 Å². The van der Waals surface area contributed by atoms with E-state index in [1.165, 1.54) is 12.1 Å². The SMILES string of the molecule is Nc1nc(=O)n([C@@H]2O[C@H](COP(=O)(O)O)C(O)C2O)cc1NC(=O)CCc1ccc(O)cc1. The van der Waals surface area contributed by atoms with Crippen molar-refractivity contribution in [2.24, 2.45) is 0 Å². The number of aromatic hydroxyl groups is 1. The molecule has 0 bridgehead atoms. The Morgan fingerprint density at radius 2 is 1.91 bits per heavy atom. The van der Waals surface area contributed by atoms with Crippen LogP contribution < -0.4 is 16.7 Å². The first-order valence-corrected chi connectivity index (χ1v) is 11.2. The van der Waals surface area contributed by atoms with Crippen LogP contribution in [-0.4, -0.2) is 65.5 Å². The van der Waals surface area contributed by atoms with E-state index in [1.807, 2.05) is 0 Å². The summed E-state index contributed by atoms with van der Waals surface area (Å²) >= 11 is 0. The number of hydrogen-bond donors (Lipinski definition) is 7. The number of anilines is 2. The van der Waals surface area contributed by atoms with E-state index in [-0.39, 0.29) is 23.7 Å². The molecule has 1 fully saturated rings. The number of phenols is 1. The summed E-state index contributed by atoms with van der Waals surface area (Å²) in [5, 5.41) is 32.2. The Kier molecular flexibility index (Phi) is 7.49. The van der Waals surface area contributed by atoms with E-state index in [0.29, 0.717) is 6.42 Å². The zero-order valence-corrected chi connectivity index (χ0v) is 17.9. The van der Waals surface area contributed by atoms with Crippen LogP contribution in [0, 0.1) is 0 Å². The molecule has 3 rings (SSSR count). The summed E-state index contributed by atoms with van der Waals surface area (Å²) in [4.78, 5) is 45.8. The van der Waals surface area contributed by atoms with Crippen LogP contribution in [0.15, 0.2) is 35.3 Å². The summed E-state index contributed by atoms with van der Waals surface area (Å²) < 4.78 is 21.3. The van der Waals surface area contributed by atoms with Gasteiger partial charge in [0.25, 0.3) is 0 Å². The topological polar surface area (TPSA) is 227 Å². The van der Waals surface area contributed by atoms with E-state index < -0.39 is 50.6 Å². The molecule has 1 amide bonds. The monoisotopic (exact) mass is 486 g/mol. The maximum Gasteiger partial charge on any atom is 0.469 e. The predicted molar refractivity (Wildman–Crippen MR) is 112 cm³/mol. The number of phosphoric ester groups is 1. The fourth-order valence-electron chi connectivity index (χ4n) is 3.16. The maximum atomic E-state index is 12.3. The zero-order valence-electron chi connectivity index (χ0n) is 17.0. The second-order valence-electron chi connectivity index (χ2n) is 7.28. The molecular formula is C18H23N4O10P. The first-order chi connectivity index (χ1) is 15.4. The smallest absolute Gasteiger partial charge is 0.469 e. The maximum absolute atomic E-state index is 12.3. The molecule has 33 heavy (non-hydrogen) atoms. The van der Waals surface area contributed by atoms with E-state index in [1.54, 1.807) is 12.1 Å². The number of aryl methyl sites for hydroxylation is 1. The minimum absolute atomic E-state index is 0.0480. The third-order valence-corrected chi connectivity index (χ3v) is 5.34. The lowest BCUT2D eigenvalue weighted by atomic mass is 10.1. The molecule has 0 radical (unpaired) electrons. The average Bonchev–Trinajstić information content (AvgIpc) is 3.02. The molecule has 1 aromatic heterocycles. The minimum Gasteiger partial charge on any atom is -0.508 e. The fourth-order valence-corrected chi connectivity index (χ4v) is 3.50. The number of phosphoric acid groups is 1. The number of nitrogens with one attached hydrogen (secondary N) is 1. The van der Waals surface area contributed by atoms with Crippen molar-refractivity contribution >= 4 is 25.2 Å². The first kappa shape index (κ1) is 24.8. The molecule has 180 valence electrons. The van der Waals surface area contributed by atoms with Crippen molar-refractivity contribution in [1.82, 2.24) is 9.55 Å². The number of hydrogen-bond acceptors (Lipinski definition) is 10. The van der Waals surface area contributed by atoms with Gasteiger partial charge in [0, 0.05) is 12.6 Å². The van der Waals surface area contributed by atoms with E-state index in [9.17, 15) is 29.5 Å². The van der Waals surface area contributed by atoms with Crippen LogP contribution in [0.5, 0.6) is 5.75 Å². The third-order valence-electron chi connectivity index (χ3n) is 4.85. The van der Waals surface area contributed by atoms with Crippen LogP contribution in [0.2, 0.25) is 0 Å². The quantitative estimate of drug-likeness (QED) is 0.219. The Morgan fingerprint density at radius 1 is 1.24 bits per heavy atom. The number of aromatic nitrogens is 2. The van der Waals surface area contributed by atoms with Crippen molar-refractivity contribution in [1.29, 1.82) is 0 Å². The second kappa shape index (κ2) is 9.97. The highest BCUT2D eigenvalue weighted by Gasteiger charge is 2.45. The molecule has 0 saturated carbocycles. The van der Waals surface area contributed by atoms with Crippen LogP contribution in [0.3, 0.4) is 0 Å². The highest BCUT2D eigenvalue weighted by molar-refractivity contribution is 7.46. The number of nitrogens with zero attached hydrogens (tertiary/aromatic N) is 2. The van der Waals surface area contributed by atoms with Gasteiger partial charge in [0.05, 0.1) is 6.61 Å². The van der Waals surface area contributed by atoms with Crippen molar-refractivity contribution in [3.05, 3.63) is 46.5 Å². The van der Waals surface area contributed by atoms with Gasteiger partial charge < -0.3 is 40.9 Å². The number of aliphatic hydroxyl groups excluding tert-OH is 2. The summed E-state index contributed by atoms with van der Waals surface area (Å²) in [6.07, 6.45) is -4.66.